The largest absolute Gasteiger partial charge is 0.478 e. The fourth-order valence-corrected chi connectivity index (χ4v) is 5.58. The van der Waals surface area contributed by atoms with Crippen LogP contribution in [0.15, 0.2) is 77.8 Å². The zero-order valence-corrected chi connectivity index (χ0v) is 21.1. The van der Waals surface area contributed by atoms with Crippen molar-refractivity contribution < 1.29 is 14.7 Å². The van der Waals surface area contributed by atoms with E-state index in [0.717, 1.165) is 22.0 Å². The predicted octanol–water partition coefficient (Wildman–Crippen LogP) is 7.10. The number of carbonyl (C=O) groups excluding carboxylic acids is 1. The molecule has 3 aromatic carbocycles. The standard InChI is InChI=1S/C26H16Cl2N2O3S2/c27-20-9-8-15(10-21(20)28)13-29-14-17(19-6-1-2-7-22(19)29)12-23-24(31)30(26(34)35-23)18-5-3-4-16(11-18)25(32)33/h1-12,14H,13H2,(H,32,33). The summed E-state index contributed by atoms with van der Waals surface area (Å²) in [6.07, 6.45) is 3.82. The van der Waals surface area contributed by atoms with Crippen LogP contribution < -0.4 is 4.90 Å². The highest BCUT2D eigenvalue weighted by atomic mass is 35.5. The van der Waals surface area contributed by atoms with Crippen LogP contribution in [0, 0.1) is 0 Å². The molecule has 1 N–H and O–H groups in total. The monoisotopic (exact) mass is 538 g/mol. The molecule has 1 amide bonds. The van der Waals surface area contributed by atoms with Crippen molar-refractivity contribution in [3.05, 3.63) is 105 Å². The summed E-state index contributed by atoms with van der Waals surface area (Å²) >= 11 is 18.9. The maximum atomic E-state index is 13.3. The van der Waals surface area contributed by atoms with Gasteiger partial charge in [-0.3, -0.25) is 9.69 Å². The van der Waals surface area contributed by atoms with Crippen molar-refractivity contribution in [2.75, 3.05) is 4.90 Å². The Bertz CT molecular complexity index is 1560. The molecular formula is C26H16Cl2N2O3S2. The van der Waals surface area contributed by atoms with Gasteiger partial charge in [0.2, 0.25) is 0 Å². The summed E-state index contributed by atoms with van der Waals surface area (Å²) in [4.78, 5) is 26.5. The maximum Gasteiger partial charge on any atom is 0.335 e. The van der Waals surface area contributed by atoms with Crippen LogP contribution in [0.25, 0.3) is 17.0 Å². The fraction of sp³-hybridized carbons (Fsp3) is 0.0385. The molecule has 0 spiro atoms. The molecule has 0 unspecified atom stereocenters. The average Bonchev–Trinajstić information content (AvgIpc) is 3.32. The third-order valence-electron chi connectivity index (χ3n) is 5.59. The first-order valence-electron chi connectivity index (χ1n) is 10.4. The van der Waals surface area contributed by atoms with Crippen molar-refractivity contribution in [1.29, 1.82) is 0 Å². The summed E-state index contributed by atoms with van der Waals surface area (Å²) in [5.41, 5.74) is 3.40. The Morgan fingerprint density at radius 3 is 2.60 bits per heavy atom. The fourth-order valence-electron chi connectivity index (χ4n) is 3.97. The highest BCUT2D eigenvalue weighted by Gasteiger charge is 2.33. The van der Waals surface area contributed by atoms with Crippen molar-refractivity contribution in [3.63, 3.8) is 0 Å². The molecule has 9 heteroatoms. The van der Waals surface area contributed by atoms with Gasteiger partial charge in [0.05, 0.1) is 26.2 Å². The molecule has 1 fully saturated rings. The van der Waals surface area contributed by atoms with E-state index >= 15 is 0 Å². The van der Waals surface area contributed by atoms with Crippen LogP contribution in [0.5, 0.6) is 0 Å². The second-order valence-electron chi connectivity index (χ2n) is 7.85. The first kappa shape index (κ1) is 23.6. The van der Waals surface area contributed by atoms with E-state index in [9.17, 15) is 14.7 Å². The Hall–Kier alpha value is -3.10. The van der Waals surface area contributed by atoms with Crippen LogP contribution in [-0.4, -0.2) is 25.9 Å². The molecule has 35 heavy (non-hydrogen) atoms. The van der Waals surface area contributed by atoms with Gasteiger partial charge in [-0.2, -0.15) is 0 Å². The summed E-state index contributed by atoms with van der Waals surface area (Å²) in [5, 5.41) is 11.3. The molecule has 1 aromatic heterocycles. The Morgan fingerprint density at radius 2 is 1.83 bits per heavy atom. The van der Waals surface area contributed by atoms with Crippen LogP contribution in [0.3, 0.4) is 0 Å². The van der Waals surface area contributed by atoms with Crippen LogP contribution in [0.2, 0.25) is 10.0 Å². The number of carboxylic acid groups (broad SMARTS) is 1. The number of halogens is 2. The number of benzene rings is 3. The second kappa shape index (κ2) is 9.51. The van der Waals surface area contributed by atoms with Gasteiger partial charge >= 0.3 is 5.97 Å². The number of carboxylic acids is 1. The normalized spacial score (nSPS) is 14.9. The topological polar surface area (TPSA) is 62.5 Å². The smallest absolute Gasteiger partial charge is 0.335 e. The van der Waals surface area contributed by atoms with Crippen molar-refractivity contribution in [2.24, 2.45) is 0 Å². The van der Waals surface area contributed by atoms with E-state index in [0.29, 0.717) is 31.5 Å². The summed E-state index contributed by atoms with van der Waals surface area (Å²) in [7, 11) is 0. The molecule has 2 heterocycles. The summed E-state index contributed by atoms with van der Waals surface area (Å²) in [6.45, 7) is 0.578. The Labute approximate surface area is 220 Å². The lowest BCUT2D eigenvalue weighted by Crippen LogP contribution is -2.27. The zero-order chi connectivity index (χ0) is 24.7. The van der Waals surface area contributed by atoms with Crippen LogP contribution in [0.4, 0.5) is 5.69 Å². The lowest BCUT2D eigenvalue weighted by molar-refractivity contribution is -0.113. The predicted molar refractivity (Wildman–Crippen MR) is 147 cm³/mol. The second-order valence-corrected chi connectivity index (χ2v) is 10.3. The number of hydrogen-bond acceptors (Lipinski definition) is 4. The molecule has 4 aromatic rings. The number of thiocarbonyl (C=S) groups is 1. The summed E-state index contributed by atoms with van der Waals surface area (Å²) < 4.78 is 2.45. The quantitative estimate of drug-likeness (QED) is 0.217. The molecule has 1 aliphatic rings. The van der Waals surface area contributed by atoms with Gasteiger partial charge in [0, 0.05) is 29.2 Å². The van der Waals surface area contributed by atoms with E-state index in [1.165, 1.54) is 28.8 Å². The van der Waals surface area contributed by atoms with E-state index in [1.807, 2.05) is 48.7 Å². The maximum absolute atomic E-state index is 13.3. The van der Waals surface area contributed by atoms with Gasteiger partial charge in [-0.05, 0) is 48.0 Å². The number of rotatable bonds is 5. The van der Waals surface area contributed by atoms with Gasteiger partial charge in [0.25, 0.3) is 5.91 Å². The lowest BCUT2D eigenvalue weighted by Gasteiger charge is -2.14. The highest BCUT2D eigenvalue weighted by molar-refractivity contribution is 8.27. The van der Waals surface area contributed by atoms with Crippen LogP contribution in [-0.2, 0) is 11.3 Å². The zero-order valence-electron chi connectivity index (χ0n) is 17.9. The molecule has 5 nitrogen and oxygen atoms in total. The van der Waals surface area contributed by atoms with Gasteiger partial charge < -0.3 is 9.67 Å². The third-order valence-corrected chi connectivity index (χ3v) is 7.63. The van der Waals surface area contributed by atoms with Crippen molar-refractivity contribution in [2.45, 2.75) is 6.54 Å². The number of aromatic nitrogens is 1. The Kier molecular flexibility index (Phi) is 6.42. The molecule has 0 saturated carbocycles. The number of hydrogen-bond donors (Lipinski definition) is 1. The number of anilines is 1. The Morgan fingerprint density at radius 1 is 1.03 bits per heavy atom. The highest BCUT2D eigenvalue weighted by Crippen LogP contribution is 2.37. The number of carbonyl (C=O) groups is 2. The van der Waals surface area contributed by atoms with E-state index in [2.05, 4.69) is 4.57 Å². The minimum absolute atomic E-state index is 0.0888. The molecule has 1 saturated heterocycles. The van der Waals surface area contributed by atoms with E-state index < -0.39 is 5.97 Å². The number of aromatic carboxylic acids is 1. The number of thioether (sulfide) groups is 1. The summed E-state index contributed by atoms with van der Waals surface area (Å²) in [6, 6.07) is 19.7. The summed E-state index contributed by atoms with van der Waals surface area (Å²) in [5.74, 6) is -1.36. The van der Waals surface area contributed by atoms with E-state index in [4.69, 9.17) is 35.4 Å². The van der Waals surface area contributed by atoms with Gasteiger partial charge in [0.1, 0.15) is 0 Å². The molecule has 0 aliphatic carbocycles. The number of nitrogens with zero attached hydrogens (tertiary/aromatic N) is 2. The molecule has 1 aliphatic heterocycles. The average molecular weight is 539 g/mol. The van der Waals surface area contributed by atoms with Gasteiger partial charge in [0.15, 0.2) is 4.32 Å². The van der Waals surface area contributed by atoms with Gasteiger partial charge in [-0.25, -0.2) is 4.79 Å². The SMILES string of the molecule is O=C(O)c1cccc(N2C(=O)C(=Cc3cn(Cc4ccc(Cl)c(Cl)c4)c4ccccc34)SC2=S)c1. The van der Waals surface area contributed by atoms with Crippen molar-refractivity contribution in [3.8, 4) is 0 Å². The molecule has 5 rings (SSSR count). The minimum Gasteiger partial charge on any atom is -0.478 e. The van der Waals surface area contributed by atoms with Gasteiger partial charge in [-0.1, -0.05) is 77.5 Å². The molecular weight excluding hydrogens is 523 g/mol. The first-order valence-corrected chi connectivity index (χ1v) is 12.4. The van der Waals surface area contributed by atoms with E-state index in [-0.39, 0.29) is 11.5 Å². The van der Waals surface area contributed by atoms with Crippen LogP contribution >= 0.6 is 47.2 Å². The Balaban J connectivity index is 1.51. The molecule has 0 bridgehead atoms. The third kappa shape index (κ3) is 4.60. The first-order chi connectivity index (χ1) is 16.8. The van der Waals surface area contributed by atoms with Crippen LogP contribution in [0.1, 0.15) is 21.5 Å². The number of fused-ring (bicyclic) bond motifs is 1. The number of amides is 1. The molecule has 174 valence electrons. The molecule has 0 radical (unpaired) electrons. The number of para-hydroxylation sites is 1. The van der Waals surface area contributed by atoms with E-state index in [1.54, 1.807) is 18.2 Å². The minimum atomic E-state index is -1.07. The molecule has 0 atom stereocenters. The van der Waals surface area contributed by atoms with Crippen molar-refractivity contribution >= 4 is 86.0 Å². The lowest BCUT2D eigenvalue weighted by atomic mass is 10.1. The van der Waals surface area contributed by atoms with Gasteiger partial charge in [-0.15, -0.1) is 0 Å². The van der Waals surface area contributed by atoms with Crippen molar-refractivity contribution in [1.82, 2.24) is 4.57 Å².